The minimum absolute atomic E-state index is 0.140. The third-order valence-corrected chi connectivity index (χ3v) is 6.63. The Labute approximate surface area is 234 Å². The highest BCUT2D eigenvalue weighted by Crippen LogP contribution is 2.19. The Morgan fingerprint density at radius 3 is 1.62 bits per heavy atom. The fourth-order valence-electron chi connectivity index (χ4n) is 4.24. The van der Waals surface area contributed by atoms with Crippen LogP contribution in [-0.2, 0) is 9.53 Å². The molecule has 0 saturated heterocycles. The Morgan fingerprint density at radius 1 is 0.590 bits per heavy atom. The van der Waals surface area contributed by atoms with Crippen LogP contribution in [0.3, 0.4) is 0 Å². The van der Waals surface area contributed by atoms with E-state index in [4.69, 9.17) is 14.2 Å². The maximum absolute atomic E-state index is 12.5. The third-order valence-electron chi connectivity index (χ3n) is 6.63. The lowest BCUT2D eigenvalue weighted by atomic mass is 10.1. The van der Waals surface area contributed by atoms with Crippen LogP contribution in [0.2, 0.25) is 0 Å². The zero-order valence-electron chi connectivity index (χ0n) is 24.0. The molecule has 0 aliphatic carbocycles. The molecule has 39 heavy (non-hydrogen) atoms. The monoisotopic (exact) mass is 538 g/mol. The molecule has 1 atom stereocenters. The lowest BCUT2D eigenvalue weighted by molar-refractivity contribution is -0.134. The Bertz CT molecular complexity index is 980. The van der Waals surface area contributed by atoms with Crippen molar-refractivity contribution in [2.45, 2.75) is 117 Å². The SMILES string of the molecule is CCCCCCCCCCC(=O)Oc1ccc(C(=O)Oc2ccc(C(=O)OC(C)CCCCCC)cc2)cc1. The number of ether oxygens (including phenoxy) is 3. The molecular weight excluding hydrogens is 492 g/mol. The van der Waals surface area contributed by atoms with E-state index in [1.807, 2.05) is 6.92 Å². The summed E-state index contributed by atoms with van der Waals surface area (Å²) < 4.78 is 16.3. The highest BCUT2D eigenvalue weighted by atomic mass is 16.5. The van der Waals surface area contributed by atoms with Crippen molar-refractivity contribution >= 4 is 17.9 Å². The van der Waals surface area contributed by atoms with E-state index in [2.05, 4.69) is 13.8 Å². The Kier molecular flexibility index (Phi) is 15.6. The van der Waals surface area contributed by atoms with Gasteiger partial charge in [0.25, 0.3) is 0 Å². The predicted molar refractivity (Wildman–Crippen MR) is 154 cm³/mol. The Balaban J connectivity index is 1.72. The number of unbranched alkanes of at least 4 members (excludes halogenated alkanes) is 10. The van der Waals surface area contributed by atoms with Crippen LogP contribution in [0.15, 0.2) is 48.5 Å². The van der Waals surface area contributed by atoms with Gasteiger partial charge in [-0.05, 0) is 74.7 Å². The molecule has 0 saturated carbocycles. The predicted octanol–water partition coefficient (Wildman–Crippen LogP) is 8.86. The molecule has 0 fully saturated rings. The zero-order valence-corrected chi connectivity index (χ0v) is 24.0. The first-order valence-electron chi connectivity index (χ1n) is 14.8. The lowest BCUT2D eigenvalue weighted by Gasteiger charge is -2.13. The summed E-state index contributed by atoms with van der Waals surface area (Å²) in [5.74, 6) is -0.462. The molecule has 2 aromatic rings. The summed E-state index contributed by atoms with van der Waals surface area (Å²) in [6.07, 6.45) is 15.0. The van der Waals surface area contributed by atoms with Crippen molar-refractivity contribution in [3.63, 3.8) is 0 Å². The van der Waals surface area contributed by atoms with Gasteiger partial charge in [-0.15, -0.1) is 0 Å². The molecule has 0 spiro atoms. The standard InChI is InChI=1S/C33H46O6/c1-4-6-8-10-11-12-13-15-17-31(34)38-29-22-18-28(19-23-29)33(36)39-30-24-20-27(21-25-30)32(35)37-26(3)16-14-9-7-5-2/h18-26H,4-17H2,1-3H3. The van der Waals surface area contributed by atoms with Crippen LogP contribution in [0.25, 0.3) is 0 Å². The Morgan fingerprint density at radius 2 is 1.05 bits per heavy atom. The van der Waals surface area contributed by atoms with Gasteiger partial charge in [-0.25, -0.2) is 9.59 Å². The molecule has 6 nitrogen and oxygen atoms in total. The molecule has 6 heteroatoms. The van der Waals surface area contributed by atoms with Gasteiger partial charge in [0.2, 0.25) is 0 Å². The fraction of sp³-hybridized carbons (Fsp3) is 0.545. The fourth-order valence-corrected chi connectivity index (χ4v) is 4.24. The second-order valence-electron chi connectivity index (χ2n) is 10.2. The van der Waals surface area contributed by atoms with E-state index in [1.165, 1.54) is 44.9 Å². The molecule has 0 aromatic heterocycles. The van der Waals surface area contributed by atoms with Gasteiger partial charge in [-0.2, -0.15) is 0 Å². The quantitative estimate of drug-likeness (QED) is 0.101. The first-order chi connectivity index (χ1) is 18.9. The number of hydrogen-bond donors (Lipinski definition) is 0. The van der Waals surface area contributed by atoms with Crippen molar-refractivity contribution in [3.05, 3.63) is 59.7 Å². The van der Waals surface area contributed by atoms with Crippen molar-refractivity contribution < 1.29 is 28.6 Å². The summed E-state index contributed by atoms with van der Waals surface area (Å²) >= 11 is 0. The normalized spacial score (nSPS) is 11.6. The van der Waals surface area contributed by atoms with E-state index >= 15 is 0 Å². The van der Waals surface area contributed by atoms with Gasteiger partial charge in [0.15, 0.2) is 0 Å². The number of carbonyl (C=O) groups excluding carboxylic acids is 3. The largest absolute Gasteiger partial charge is 0.459 e. The van der Waals surface area contributed by atoms with E-state index in [0.717, 1.165) is 38.5 Å². The molecule has 0 N–H and O–H groups in total. The van der Waals surface area contributed by atoms with Crippen molar-refractivity contribution in [2.24, 2.45) is 0 Å². The van der Waals surface area contributed by atoms with Gasteiger partial charge in [0.05, 0.1) is 17.2 Å². The number of esters is 3. The van der Waals surface area contributed by atoms with E-state index < -0.39 is 5.97 Å². The number of carbonyl (C=O) groups is 3. The van der Waals surface area contributed by atoms with Gasteiger partial charge in [-0.1, -0.05) is 78.1 Å². The molecule has 2 rings (SSSR count). The topological polar surface area (TPSA) is 78.9 Å². The van der Waals surface area contributed by atoms with Crippen LogP contribution in [0.5, 0.6) is 11.5 Å². The summed E-state index contributed by atoms with van der Waals surface area (Å²) in [4.78, 5) is 37.0. The summed E-state index contributed by atoms with van der Waals surface area (Å²) in [6, 6.07) is 12.6. The molecule has 2 aromatic carbocycles. The number of benzene rings is 2. The maximum Gasteiger partial charge on any atom is 0.343 e. The van der Waals surface area contributed by atoms with Crippen LogP contribution >= 0.6 is 0 Å². The lowest BCUT2D eigenvalue weighted by Crippen LogP contribution is -2.15. The molecule has 0 aliphatic heterocycles. The van der Waals surface area contributed by atoms with Crippen LogP contribution in [0, 0.1) is 0 Å². The molecule has 0 aliphatic rings. The summed E-state index contributed by atoms with van der Waals surface area (Å²) in [5, 5.41) is 0. The smallest absolute Gasteiger partial charge is 0.343 e. The summed E-state index contributed by atoms with van der Waals surface area (Å²) in [7, 11) is 0. The van der Waals surface area contributed by atoms with Gasteiger partial charge in [-0.3, -0.25) is 4.79 Å². The maximum atomic E-state index is 12.5. The number of rotatable bonds is 19. The average Bonchev–Trinajstić information content (AvgIpc) is 2.93. The minimum Gasteiger partial charge on any atom is -0.459 e. The second kappa shape index (κ2) is 19.0. The molecule has 0 bridgehead atoms. The summed E-state index contributed by atoms with van der Waals surface area (Å²) in [5.41, 5.74) is 0.742. The van der Waals surface area contributed by atoms with Crippen molar-refractivity contribution in [1.29, 1.82) is 0 Å². The Hall–Kier alpha value is -3.15. The van der Waals surface area contributed by atoms with E-state index in [0.29, 0.717) is 29.0 Å². The van der Waals surface area contributed by atoms with Gasteiger partial charge in [0.1, 0.15) is 11.5 Å². The highest BCUT2D eigenvalue weighted by Gasteiger charge is 2.14. The highest BCUT2D eigenvalue weighted by molar-refractivity contribution is 5.92. The van der Waals surface area contributed by atoms with Crippen molar-refractivity contribution in [1.82, 2.24) is 0 Å². The first-order valence-corrected chi connectivity index (χ1v) is 14.8. The molecular formula is C33H46O6. The first kappa shape index (κ1) is 32.1. The van der Waals surface area contributed by atoms with Gasteiger partial charge < -0.3 is 14.2 Å². The average molecular weight is 539 g/mol. The van der Waals surface area contributed by atoms with Crippen LogP contribution in [0.4, 0.5) is 0 Å². The van der Waals surface area contributed by atoms with E-state index in [1.54, 1.807) is 48.5 Å². The minimum atomic E-state index is -0.539. The molecule has 0 amide bonds. The van der Waals surface area contributed by atoms with Crippen LogP contribution in [-0.4, -0.2) is 24.0 Å². The van der Waals surface area contributed by atoms with Crippen molar-refractivity contribution in [3.8, 4) is 11.5 Å². The third kappa shape index (κ3) is 13.5. The van der Waals surface area contributed by atoms with Gasteiger partial charge in [0, 0.05) is 6.42 Å². The van der Waals surface area contributed by atoms with Crippen LogP contribution < -0.4 is 9.47 Å². The van der Waals surface area contributed by atoms with E-state index in [9.17, 15) is 14.4 Å². The van der Waals surface area contributed by atoms with Gasteiger partial charge >= 0.3 is 17.9 Å². The van der Waals surface area contributed by atoms with Crippen LogP contribution in [0.1, 0.15) is 131 Å². The molecule has 0 radical (unpaired) electrons. The molecule has 1 unspecified atom stereocenters. The van der Waals surface area contributed by atoms with Crippen molar-refractivity contribution in [2.75, 3.05) is 0 Å². The molecule has 0 heterocycles. The zero-order chi connectivity index (χ0) is 28.3. The second-order valence-corrected chi connectivity index (χ2v) is 10.2. The molecule has 214 valence electrons. The summed E-state index contributed by atoms with van der Waals surface area (Å²) in [6.45, 7) is 6.28. The number of hydrogen-bond acceptors (Lipinski definition) is 6. The van der Waals surface area contributed by atoms with E-state index in [-0.39, 0.29) is 18.0 Å².